The zero-order chi connectivity index (χ0) is 20.9. The molecule has 0 aliphatic heterocycles. The third-order valence-electron chi connectivity index (χ3n) is 4.46. The molecule has 154 valence electrons. The first-order chi connectivity index (χ1) is 13.8. The highest BCUT2D eigenvalue weighted by Crippen LogP contribution is 2.17. The molecule has 1 N–H and O–H groups in total. The van der Waals surface area contributed by atoms with Crippen molar-refractivity contribution < 1.29 is 17.6 Å². The molecule has 0 unspecified atom stereocenters. The molecule has 8 heteroatoms. The summed E-state index contributed by atoms with van der Waals surface area (Å²) in [7, 11) is -3.67. The maximum absolute atomic E-state index is 12.8. The van der Waals surface area contributed by atoms with Gasteiger partial charge in [0.2, 0.25) is 15.9 Å². The fourth-order valence-corrected chi connectivity index (χ4v) is 5.02. The summed E-state index contributed by atoms with van der Waals surface area (Å²) < 4.78 is 33.1. The van der Waals surface area contributed by atoms with Gasteiger partial charge in [0.15, 0.2) is 0 Å². The molecular weight excluding hydrogens is 408 g/mol. The Morgan fingerprint density at radius 3 is 2.62 bits per heavy atom. The fraction of sp³-hybridized carbons (Fsp3) is 0.286. The van der Waals surface area contributed by atoms with Gasteiger partial charge in [0.25, 0.3) is 0 Å². The summed E-state index contributed by atoms with van der Waals surface area (Å²) in [6.45, 7) is 4.51. The van der Waals surface area contributed by atoms with Gasteiger partial charge in [-0.25, -0.2) is 13.1 Å². The molecule has 0 aliphatic carbocycles. The minimum Gasteiger partial charge on any atom is -0.467 e. The van der Waals surface area contributed by atoms with E-state index in [0.717, 1.165) is 10.4 Å². The molecule has 3 aromatic rings. The van der Waals surface area contributed by atoms with Crippen LogP contribution in [0.4, 0.5) is 0 Å². The number of hydrogen-bond acceptors (Lipinski definition) is 5. The number of rotatable bonds is 9. The lowest BCUT2D eigenvalue weighted by Gasteiger charge is -2.21. The highest BCUT2D eigenvalue weighted by atomic mass is 32.2. The van der Waals surface area contributed by atoms with Crippen LogP contribution in [0.5, 0.6) is 0 Å². The molecule has 1 amide bonds. The van der Waals surface area contributed by atoms with E-state index in [1.54, 1.807) is 47.6 Å². The molecule has 2 aromatic heterocycles. The van der Waals surface area contributed by atoms with Crippen molar-refractivity contribution in [3.63, 3.8) is 0 Å². The molecule has 0 radical (unpaired) electrons. The van der Waals surface area contributed by atoms with Crippen LogP contribution < -0.4 is 4.72 Å². The number of amides is 1. The fourth-order valence-electron chi connectivity index (χ4n) is 3.04. The Bertz CT molecular complexity index is 1010. The van der Waals surface area contributed by atoms with E-state index in [-0.39, 0.29) is 23.8 Å². The van der Waals surface area contributed by atoms with Crippen LogP contribution in [-0.4, -0.2) is 25.8 Å². The Morgan fingerprint density at radius 2 is 1.97 bits per heavy atom. The second-order valence-electron chi connectivity index (χ2n) is 6.83. The van der Waals surface area contributed by atoms with E-state index in [0.29, 0.717) is 24.4 Å². The average Bonchev–Trinajstić information content (AvgIpc) is 3.34. The van der Waals surface area contributed by atoms with Crippen LogP contribution >= 0.6 is 11.3 Å². The standard InChI is InChI=1S/C21H24N2O4S2/c1-16-7-8-20(17(2)13-16)29(25,26)22-10-9-21(24)23(14-18-5-3-11-27-18)15-19-6-4-12-28-19/h3-8,11-13,22H,9-10,14-15H2,1-2H3. The third-order valence-corrected chi connectivity index (χ3v) is 6.94. The van der Waals surface area contributed by atoms with Gasteiger partial charge in [-0.05, 0) is 49.1 Å². The summed E-state index contributed by atoms with van der Waals surface area (Å²) >= 11 is 1.57. The maximum Gasteiger partial charge on any atom is 0.240 e. The summed E-state index contributed by atoms with van der Waals surface area (Å²) in [5.74, 6) is 0.545. The Labute approximate surface area is 175 Å². The quantitative estimate of drug-likeness (QED) is 0.557. The summed E-state index contributed by atoms with van der Waals surface area (Å²) in [5.41, 5.74) is 1.68. The molecule has 0 spiro atoms. The molecule has 0 saturated heterocycles. The van der Waals surface area contributed by atoms with Crippen LogP contribution in [0.15, 0.2) is 63.4 Å². The molecule has 0 atom stereocenters. The summed E-state index contributed by atoms with van der Waals surface area (Å²) in [4.78, 5) is 15.8. The van der Waals surface area contributed by atoms with E-state index in [4.69, 9.17) is 4.42 Å². The number of carbonyl (C=O) groups is 1. The lowest BCUT2D eigenvalue weighted by Crippen LogP contribution is -2.34. The Morgan fingerprint density at radius 1 is 1.14 bits per heavy atom. The topological polar surface area (TPSA) is 79.6 Å². The lowest BCUT2D eigenvalue weighted by molar-refractivity contribution is -0.132. The predicted molar refractivity (Wildman–Crippen MR) is 113 cm³/mol. The monoisotopic (exact) mass is 432 g/mol. The Kier molecular flexibility index (Phi) is 6.89. The largest absolute Gasteiger partial charge is 0.467 e. The van der Waals surface area contributed by atoms with Crippen molar-refractivity contribution in [1.29, 1.82) is 0 Å². The highest BCUT2D eigenvalue weighted by Gasteiger charge is 2.20. The Hall–Kier alpha value is -2.42. The summed E-state index contributed by atoms with van der Waals surface area (Å²) in [6, 6.07) is 12.7. The van der Waals surface area contributed by atoms with E-state index < -0.39 is 10.0 Å². The normalized spacial score (nSPS) is 11.5. The van der Waals surface area contributed by atoms with Crippen molar-refractivity contribution in [2.75, 3.05) is 6.54 Å². The first kappa shape index (κ1) is 21.3. The maximum atomic E-state index is 12.8. The van der Waals surface area contributed by atoms with Crippen molar-refractivity contribution in [3.05, 3.63) is 75.9 Å². The predicted octanol–water partition coefficient (Wildman–Crippen LogP) is 3.86. The van der Waals surface area contributed by atoms with Crippen molar-refractivity contribution >= 4 is 27.3 Å². The number of sulfonamides is 1. The number of nitrogens with zero attached hydrogens (tertiary/aromatic N) is 1. The molecule has 0 saturated carbocycles. The average molecular weight is 433 g/mol. The van der Waals surface area contributed by atoms with E-state index in [9.17, 15) is 13.2 Å². The number of carbonyl (C=O) groups excluding carboxylic acids is 1. The van der Waals surface area contributed by atoms with Crippen molar-refractivity contribution in [1.82, 2.24) is 9.62 Å². The van der Waals surface area contributed by atoms with Gasteiger partial charge in [-0.1, -0.05) is 23.8 Å². The van der Waals surface area contributed by atoms with Crippen LogP contribution in [0.2, 0.25) is 0 Å². The zero-order valence-corrected chi connectivity index (χ0v) is 18.1. The summed E-state index contributed by atoms with van der Waals surface area (Å²) in [6.07, 6.45) is 1.64. The minimum absolute atomic E-state index is 0.0353. The van der Waals surface area contributed by atoms with Gasteiger partial charge in [0.1, 0.15) is 5.76 Å². The van der Waals surface area contributed by atoms with Crippen molar-refractivity contribution in [2.45, 2.75) is 38.3 Å². The molecule has 6 nitrogen and oxygen atoms in total. The number of aryl methyl sites for hydroxylation is 2. The van der Waals surface area contributed by atoms with E-state index in [1.165, 1.54) is 0 Å². The van der Waals surface area contributed by atoms with E-state index in [2.05, 4.69) is 4.72 Å². The van der Waals surface area contributed by atoms with Crippen LogP contribution in [0.25, 0.3) is 0 Å². The first-order valence-electron chi connectivity index (χ1n) is 9.24. The number of nitrogens with one attached hydrogen (secondary N) is 1. The van der Waals surface area contributed by atoms with Gasteiger partial charge < -0.3 is 9.32 Å². The molecule has 3 rings (SSSR count). The van der Waals surface area contributed by atoms with Crippen LogP contribution in [-0.2, 0) is 27.9 Å². The van der Waals surface area contributed by atoms with Crippen LogP contribution in [0, 0.1) is 13.8 Å². The number of hydrogen-bond donors (Lipinski definition) is 1. The highest BCUT2D eigenvalue weighted by molar-refractivity contribution is 7.89. The molecule has 0 bridgehead atoms. The van der Waals surface area contributed by atoms with Crippen LogP contribution in [0.3, 0.4) is 0 Å². The molecular formula is C21H24N2O4S2. The van der Waals surface area contributed by atoms with Gasteiger partial charge >= 0.3 is 0 Å². The molecule has 1 aromatic carbocycles. The van der Waals surface area contributed by atoms with Gasteiger partial charge in [0.05, 0.1) is 24.2 Å². The van der Waals surface area contributed by atoms with Crippen LogP contribution in [0.1, 0.15) is 28.2 Å². The molecule has 29 heavy (non-hydrogen) atoms. The lowest BCUT2D eigenvalue weighted by atomic mass is 10.2. The molecule has 0 fully saturated rings. The smallest absolute Gasteiger partial charge is 0.240 e. The van der Waals surface area contributed by atoms with Crippen molar-refractivity contribution in [3.8, 4) is 0 Å². The van der Waals surface area contributed by atoms with Gasteiger partial charge in [0, 0.05) is 17.8 Å². The zero-order valence-electron chi connectivity index (χ0n) is 16.4. The number of furan rings is 1. The first-order valence-corrected chi connectivity index (χ1v) is 11.6. The van der Waals surface area contributed by atoms with Gasteiger partial charge in [-0.2, -0.15) is 0 Å². The SMILES string of the molecule is Cc1ccc(S(=O)(=O)NCCC(=O)N(Cc2ccco2)Cc2cccs2)c(C)c1. The molecule has 2 heterocycles. The number of thiophene rings is 1. The minimum atomic E-state index is -3.67. The third kappa shape index (κ3) is 5.79. The van der Waals surface area contributed by atoms with Gasteiger partial charge in [-0.15, -0.1) is 11.3 Å². The second-order valence-corrected chi connectivity index (χ2v) is 9.59. The second kappa shape index (κ2) is 9.39. The van der Waals surface area contributed by atoms with E-state index >= 15 is 0 Å². The van der Waals surface area contributed by atoms with Crippen molar-refractivity contribution in [2.24, 2.45) is 0 Å². The van der Waals surface area contributed by atoms with Gasteiger partial charge in [-0.3, -0.25) is 4.79 Å². The number of benzene rings is 1. The molecule has 0 aliphatic rings. The Balaban J connectivity index is 1.63. The summed E-state index contributed by atoms with van der Waals surface area (Å²) in [5, 5.41) is 1.96. The van der Waals surface area contributed by atoms with E-state index in [1.807, 2.05) is 36.6 Å².